The Morgan fingerprint density at radius 1 is 1.00 bits per heavy atom. The second-order valence-corrected chi connectivity index (χ2v) is 11.2. The number of sulfonamides is 1. The number of carbonyl (C=O) groups excluding carboxylic acids is 2. The lowest BCUT2D eigenvalue weighted by Gasteiger charge is -2.29. The third-order valence-electron chi connectivity index (χ3n) is 5.80. The molecule has 1 atom stereocenters. The Morgan fingerprint density at radius 2 is 1.66 bits per heavy atom. The predicted octanol–water partition coefficient (Wildman–Crippen LogP) is 4.10. The standard InChI is InChI=1S/C27H39N3O4S/c1-7-13-28-27(32)23(5)29(19-24-11-8-10-20(2)16-24)26(31)12-9-14-30(35(6,33)34)25-17-21(3)15-22(4)18-25/h8,10-11,15-18,23H,7,9,12-14,19H2,1-6H3,(H,28,32)/t23-/m1/s1. The molecule has 0 spiro atoms. The fraction of sp³-hybridized carbons (Fsp3) is 0.481. The topological polar surface area (TPSA) is 86.8 Å². The second-order valence-electron chi connectivity index (χ2n) is 9.26. The number of carbonyl (C=O) groups is 2. The van der Waals surface area contributed by atoms with E-state index in [0.717, 1.165) is 28.7 Å². The second kappa shape index (κ2) is 12.7. The van der Waals surface area contributed by atoms with Gasteiger partial charge in [-0.15, -0.1) is 0 Å². The minimum absolute atomic E-state index is 0.133. The van der Waals surface area contributed by atoms with Crippen LogP contribution in [0.15, 0.2) is 42.5 Å². The minimum atomic E-state index is -3.52. The quantitative estimate of drug-likeness (QED) is 0.474. The van der Waals surface area contributed by atoms with Crippen LogP contribution in [0.2, 0.25) is 0 Å². The van der Waals surface area contributed by atoms with Crippen LogP contribution in [0.1, 0.15) is 55.4 Å². The fourth-order valence-electron chi connectivity index (χ4n) is 4.08. The smallest absolute Gasteiger partial charge is 0.242 e. The molecular formula is C27H39N3O4S. The molecule has 8 heteroatoms. The van der Waals surface area contributed by atoms with Crippen molar-refractivity contribution in [2.45, 2.75) is 66.5 Å². The Morgan fingerprint density at radius 3 is 2.23 bits per heavy atom. The molecule has 0 aliphatic heterocycles. The van der Waals surface area contributed by atoms with E-state index < -0.39 is 16.1 Å². The Bertz CT molecular complexity index is 1110. The van der Waals surface area contributed by atoms with Crippen LogP contribution in [0, 0.1) is 20.8 Å². The molecule has 0 saturated carbocycles. The summed E-state index contributed by atoms with van der Waals surface area (Å²) < 4.78 is 26.4. The Labute approximate surface area is 210 Å². The van der Waals surface area contributed by atoms with Gasteiger partial charge in [-0.2, -0.15) is 0 Å². The van der Waals surface area contributed by atoms with E-state index in [1.165, 1.54) is 10.6 Å². The maximum absolute atomic E-state index is 13.3. The van der Waals surface area contributed by atoms with E-state index in [1.807, 2.05) is 70.2 Å². The van der Waals surface area contributed by atoms with Gasteiger partial charge >= 0.3 is 0 Å². The van der Waals surface area contributed by atoms with Gasteiger partial charge in [0, 0.05) is 26.1 Å². The van der Waals surface area contributed by atoms with Gasteiger partial charge in [-0.1, -0.05) is 42.8 Å². The molecule has 0 aromatic heterocycles. The zero-order valence-corrected chi connectivity index (χ0v) is 22.6. The summed E-state index contributed by atoms with van der Waals surface area (Å²) in [6.07, 6.45) is 2.46. The van der Waals surface area contributed by atoms with Crippen molar-refractivity contribution < 1.29 is 18.0 Å². The van der Waals surface area contributed by atoms with Crippen LogP contribution in [-0.2, 0) is 26.2 Å². The first kappa shape index (κ1) is 28.4. The van der Waals surface area contributed by atoms with E-state index in [1.54, 1.807) is 11.8 Å². The Hall–Kier alpha value is -2.87. The third kappa shape index (κ3) is 8.69. The first-order chi connectivity index (χ1) is 16.4. The molecular weight excluding hydrogens is 462 g/mol. The van der Waals surface area contributed by atoms with Crippen molar-refractivity contribution in [1.29, 1.82) is 0 Å². The summed E-state index contributed by atoms with van der Waals surface area (Å²) in [7, 11) is -3.52. The molecule has 2 amide bonds. The molecule has 0 aliphatic rings. The lowest BCUT2D eigenvalue weighted by Crippen LogP contribution is -2.47. The molecule has 0 bridgehead atoms. The largest absolute Gasteiger partial charge is 0.354 e. The third-order valence-corrected chi connectivity index (χ3v) is 6.99. The van der Waals surface area contributed by atoms with Crippen LogP contribution in [-0.4, -0.2) is 50.5 Å². The van der Waals surface area contributed by atoms with Crippen molar-refractivity contribution in [3.05, 3.63) is 64.7 Å². The van der Waals surface area contributed by atoms with Crippen molar-refractivity contribution in [3.8, 4) is 0 Å². The molecule has 35 heavy (non-hydrogen) atoms. The van der Waals surface area contributed by atoms with Gasteiger partial charge in [0.2, 0.25) is 21.8 Å². The minimum Gasteiger partial charge on any atom is -0.354 e. The summed E-state index contributed by atoms with van der Waals surface area (Å²) in [6.45, 7) is 10.6. The molecule has 2 aromatic carbocycles. The van der Waals surface area contributed by atoms with Gasteiger partial charge in [0.15, 0.2) is 0 Å². The Kier molecular flexibility index (Phi) is 10.3. The molecule has 0 heterocycles. The first-order valence-corrected chi connectivity index (χ1v) is 14.0. The van der Waals surface area contributed by atoms with Crippen LogP contribution < -0.4 is 9.62 Å². The van der Waals surface area contributed by atoms with Gasteiger partial charge in [0.05, 0.1) is 11.9 Å². The predicted molar refractivity (Wildman–Crippen MR) is 142 cm³/mol. The lowest BCUT2D eigenvalue weighted by atomic mass is 10.1. The molecule has 0 fully saturated rings. The molecule has 0 saturated heterocycles. The van der Waals surface area contributed by atoms with Crippen molar-refractivity contribution in [2.24, 2.45) is 0 Å². The molecule has 0 unspecified atom stereocenters. The highest BCUT2D eigenvalue weighted by Gasteiger charge is 2.26. The van der Waals surface area contributed by atoms with E-state index in [-0.39, 0.29) is 24.8 Å². The van der Waals surface area contributed by atoms with E-state index in [4.69, 9.17) is 0 Å². The van der Waals surface area contributed by atoms with Crippen molar-refractivity contribution >= 4 is 27.5 Å². The van der Waals surface area contributed by atoms with E-state index >= 15 is 0 Å². The number of benzene rings is 2. The molecule has 0 radical (unpaired) electrons. The number of anilines is 1. The van der Waals surface area contributed by atoms with Crippen LogP contribution in [0.4, 0.5) is 5.69 Å². The van der Waals surface area contributed by atoms with Gasteiger partial charge in [0.1, 0.15) is 6.04 Å². The summed E-state index contributed by atoms with van der Waals surface area (Å²) in [5.74, 6) is -0.375. The average molecular weight is 502 g/mol. The summed E-state index contributed by atoms with van der Waals surface area (Å²) >= 11 is 0. The number of nitrogens with zero attached hydrogens (tertiary/aromatic N) is 2. The van der Waals surface area contributed by atoms with Crippen molar-refractivity contribution in [2.75, 3.05) is 23.7 Å². The normalized spacial score (nSPS) is 12.2. The number of hydrogen-bond donors (Lipinski definition) is 1. The van der Waals surface area contributed by atoms with Gasteiger partial charge in [-0.05, 0) is 69.4 Å². The number of hydrogen-bond acceptors (Lipinski definition) is 4. The van der Waals surface area contributed by atoms with Gasteiger partial charge in [0.25, 0.3) is 0 Å². The summed E-state index contributed by atoms with van der Waals surface area (Å²) in [5.41, 5.74) is 4.57. The number of aryl methyl sites for hydroxylation is 3. The maximum Gasteiger partial charge on any atom is 0.242 e. The zero-order chi connectivity index (χ0) is 26.2. The van der Waals surface area contributed by atoms with Crippen molar-refractivity contribution in [1.82, 2.24) is 10.2 Å². The SMILES string of the molecule is CCCNC(=O)[C@@H](C)N(Cc1cccc(C)c1)C(=O)CCCN(c1cc(C)cc(C)c1)S(C)(=O)=O. The van der Waals surface area contributed by atoms with Gasteiger partial charge in [-0.25, -0.2) is 8.42 Å². The summed E-state index contributed by atoms with van der Waals surface area (Å²) in [5, 5.41) is 2.87. The lowest BCUT2D eigenvalue weighted by molar-refractivity contribution is -0.140. The molecule has 192 valence electrons. The number of nitrogens with one attached hydrogen (secondary N) is 1. The van der Waals surface area contributed by atoms with E-state index in [2.05, 4.69) is 5.32 Å². The first-order valence-electron chi connectivity index (χ1n) is 12.1. The number of rotatable bonds is 12. The zero-order valence-electron chi connectivity index (χ0n) is 21.8. The van der Waals surface area contributed by atoms with Gasteiger partial charge < -0.3 is 10.2 Å². The number of amides is 2. The maximum atomic E-state index is 13.3. The molecule has 1 N–H and O–H groups in total. The van der Waals surface area contributed by atoms with Crippen LogP contribution in [0.25, 0.3) is 0 Å². The van der Waals surface area contributed by atoms with Crippen LogP contribution in [0.5, 0.6) is 0 Å². The summed E-state index contributed by atoms with van der Waals surface area (Å²) in [6, 6.07) is 12.9. The monoisotopic (exact) mass is 501 g/mol. The fourth-order valence-corrected chi connectivity index (χ4v) is 5.03. The average Bonchev–Trinajstić information content (AvgIpc) is 2.76. The highest BCUT2D eigenvalue weighted by Crippen LogP contribution is 2.22. The molecule has 7 nitrogen and oxygen atoms in total. The summed E-state index contributed by atoms with van der Waals surface area (Å²) in [4.78, 5) is 27.6. The van der Waals surface area contributed by atoms with E-state index in [0.29, 0.717) is 25.2 Å². The van der Waals surface area contributed by atoms with Crippen LogP contribution >= 0.6 is 0 Å². The molecule has 2 rings (SSSR count). The highest BCUT2D eigenvalue weighted by molar-refractivity contribution is 7.92. The van der Waals surface area contributed by atoms with E-state index in [9.17, 15) is 18.0 Å². The molecule has 0 aliphatic carbocycles. The van der Waals surface area contributed by atoms with Crippen LogP contribution in [0.3, 0.4) is 0 Å². The molecule has 2 aromatic rings. The van der Waals surface area contributed by atoms with Crippen molar-refractivity contribution in [3.63, 3.8) is 0 Å². The Balaban J connectivity index is 2.18. The highest BCUT2D eigenvalue weighted by atomic mass is 32.2. The van der Waals surface area contributed by atoms with Gasteiger partial charge in [-0.3, -0.25) is 13.9 Å².